The van der Waals surface area contributed by atoms with Crippen molar-refractivity contribution in [2.45, 2.75) is 128 Å². The molecule has 0 radical (unpaired) electrons. The van der Waals surface area contributed by atoms with Crippen LogP contribution in [0.25, 0.3) is 0 Å². The maximum absolute atomic E-state index is 15.1. The molecule has 4 saturated heterocycles. The van der Waals surface area contributed by atoms with E-state index in [1.807, 2.05) is 21.9 Å². The Hall–Kier alpha value is -2.20. The van der Waals surface area contributed by atoms with Gasteiger partial charge in [0, 0.05) is 81.0 Å². The monoisotopic (exact) mass is 697 g/mol. The van der Waals surface area contributed by atoms with E-state index in [2.05, 4.69) is 68.4 Å². The lowest BCUT2D eigenvalue weighted by Crippen LogP contribution is -2.56. The van der Waals surface area contributed by atoms with E-state index in [-0.39, 0.29) is 47.2 Å². The summed E-state index contributed by atoms with van der Waals surface area (Å²) in [7, 11) is 0. The normalized spacial score (nSPS) is 31.9. The first-order chi connectivity index (χ1) is 23.3. The molecule has 1 aromatic rings. The van der Waals surface area contributed by atoms with Crippen molar-refractivity contribution in [3.05, 3.63) is 34.9 Å². The Labute approximate surface area is 299 Å². The van der Waals surface area contributed by atoms with Gasteiger partial charge in [0.05, 0.1) is 12.0 Å². The molecular formula is C39H60ClN5O4. The van der Waals surface area contributed by atoms with Crippen LogP contribution < -0.4 is 0 Å². The summed E-state index contributed by atoms with van der Waals surface area (Å²) in [5.74, 6) is 0.467. The summed E-state index contributed by atoms with van der Waals surface area (Å²) in [5.41, 5.74) is 0.991. The van der Waals surface area contributed by atoms with Crippen LogP contribution in [0.5, 0.6) is 0 Å². The summed E-state index contributed by atoms with van der Waals surface area (Å²) in [5, 5.41) is 0.677. The Morgan fingerprint density at radius 1 is 0.878 bits per heavy atom. The van der Waals surface area contributed by atoms with Gasteiger partial charge in [0.2, 0.25) is 11.8 Å². The second-order valence-corrected chi connectivity index (χ2v) is 17.3. The summed E-state index contributed by atoms with van der Waals surface area (Å²) in [6.07, 6.45) is 5.79. The third kappa shape index (κ3) is 8.00. The van der Waals surface area contributed by atoms with Crippen LogP contribution in [-0.4, -0.2) is 130 Å². The predicted octanol–water partition coefficient (Wildman–Crippen LogP) is 5.26. The van der Waals surface area contributed by atoms with Gasteiger partial charge in [0.25, 0.3) is 5.91 Å². The van der Waals surface area contributed by atoms with Crippen LogP contribution in [0.1, 0.15) is 98.0 Å². The van der Waals surface area contributed by atoms with E-state index in [0.29, 0.717) is 56.2 Å². The molecule has 0 N–H and O–H groups in total. The van der Waals surface area contributed by atoms with Crippen molar-refractivity contribution >= 4 is 29.3 Å². The maximum atomic E-state index is 15.1. The molecule has 49 heavy (non-hydrogen) atoms. The largest absolute Gasteiger partial charge is 0.368 e. The van der Waals surface area contributed by atoms with E-state index >= 15 is 4.79 Å². The molecule has 6 rings (SSSR count). The first kappa shape index (κ1) is 36.6. The fourth-order valence-electron chi connectivity index (χ4n) is 9.14. The van der Waals surface area contributed by atoms with Gasteiger partial charge >= 0.3 is 0 Å². The number of carbonyl (C=O) groups is 3. The number of rotatable bonds is 7. The smallest absolute Gasteiger partial charge is 0.252 e. The second-order valence-electron chi connectivity index (χ2n) is 16.9. The first-order valence-electron chi connectivity index (χ1n) is 19.1. The molecule has 0 bridgehead atoms. The zero-order valence-corrected chi connectivity index (χ0v) is 31.5. The van der Waals surface area contributed by atoms with Crippen LogP contribution >= 0.6 is 11.6 Å². The van der Waals surface area contributed by atoms with Crippen LogP contribution in [0.2, 0.25) is 5.02 Å². The molecule has 1 aromatic carbocycles. The van der Waals surface area contributed by atoms with Gasteiger partial charge in [0.15, 0.2) is 0 Å². The van der Waals surface area contributed by atoms with E-state index in [4.69, 9.17) is 16.3 Å². The van der Waals surface area contributed by atoms with Crippen LogP contribution in [0, 0.1) is 11.8 Å². The van der Waals surface area contributed by atoms with Gasteiger partial charge < -0.3 is 19.4 Å². The Morgan fingerprint density at radius 3 is 2.14 bits per heavy atom. The summed E-state index contributed by atoms with van der Waals surface area (Å²) in [4.78, 5) is 54.8. The molecule has 5 aliphatic rings. The summed E-state index contributed by atoms with van der Waals surface area (Å²) < 4.78 is 5.97. The van der Waals surface area contributed by atoms with Gasteiger partial charge in [0.1, 0.15) is 12.1 Å². The number of benzene rings is 1. The van der Waals surface area contributed by atoms with Gasteiger partial charge in [-0.25, -0.2) is 0 Å². The van der Waals surface area contributed by atoms with Crippen LogP contribution in [0.3, 0.4) is 0 Å². The molecular weight excluding hydrogens is 638 g/mol. The maximum Gasteiger partial charge on any atom is 0.252 e. The highest BCUT2D eigenvalue weighted by molar-refractivity contribution is 6.30. The first-order valence-corrected chi connectivity index (χ1v) is 19.5. The van der Waals surface area contributed by atoms with E-state index in [0.717, 1.165) is 63.7 Å². The van der Waals surface area contributed by atoms with Gasteiger partial charge in [-0.15, -0.1) is 0 Å². The summed E-state index contributed by atoms with van der Waals surface area (Å²) in [6, 6.07) is 7.67. The molecule has 272 valence electrons. The highest BCUT2D eigenvalue weighted by atomic mass is 35.5. The Morgan fingerprint density at radius 2 is 1.55 bits per heavy atom. The number of ether oxygens (including phenoxy) is 1. The number of nitrogens with zero attached hydrogens (tertiary/aromatic N) is 5. The molecule has 5 atom stereocenters. The number of amides is 3. The third-order valence-corrected chi connectivity index (χ3v) is 12.6. The number of hydrogen-bond donors (Lipinski definition) is 0. The standard InChI is InChI=1S/C39H60ClN5O4/c1-26(2)41-17-19-42(20-18-41)37(47)34-22-31(45(30-15-9-27(3)10-16-30)38(48)35-8-7-21-49-35)23-44(34)36(46)33-25-43(39(4,5)6)24-32(33)28-11-13-29(40)14-12-28/h11-14,26-27,30-35H,7-10,15-25H2,1-6H3/t27?,30?,31-,32-,33+,34-,35?/m0/s1. The molecule has 1 aliphatic carbocycles. The van der Waals surface area contributed by atoms with Gasteiger partial charge in [-0.05, 0) is 103 Å². The molecule has 4 heterocycles. The molecule has 1 unspecified atom stereocenters. The SMILES string of the molecule is CC1CCC(N(C(=O)C2CCCO2)[C@H]2C[C@@H](C(=O)N3CCN(C(C)C)CC3)N(C(=O)[C@@H]3CN(C(C)(C)C)C[C@H]3c3ccc(Cl)cc3)C2)CC1. The van der Waals surface area contributed by atoms with E-state index < -0.39 is 12.1 Å². The zero-order valence-electron chi connectivity index (χ0n) is 30.8. The van der Waals surface area contributed by atoms with Crippen molar-refractivity contribution in [3.8, 4) is 0 Å². The molecule has 0 aromatic heterocycles. The number of halogens is 1. The van der Waals surface area contributed by atoms with Crippen molar-refractivity contribution in [3.63, 3.8) is 0 Å². The van der Waals surface area contributed by atoms with Crippen molar-refractivity contribution in [1.82, 2.24) is 24.5 Å². The van der Waals surface area contributed by atoms with Gasteiger partial charge in [-0.2, -0.15) is 0 Å². The lowest BCUT2D eigenvalue weighted by atomic mass is 9.85. The number of carbonyl (C=O) groups excluding carboxylic acids is 3. The molecule has 0 spiro atoms. The second kappa shape index (κ2) is 15.2. The minimum Gasteiger partial charge on any atom is -0.368 e. The highest BCUT2D eigenvalue weighted by Gasteiger charge is 2.51. The zero-order chi connectivity index (χ0) is 35.0. The summed E-state index contributed by atoms with van der Waals surface area (Å²) >= 11 is 6.29. The predicted molar refractivity (Wildman–Crippen MR) is 193 cm³/mol. The highest BCUT2D eigenvalue weighted by Crippen LogP contribution is 2.40. The average Bonchev–Trinajstić information content (AvgIpc) is 3.86. The van der Waals surface area contributed by atoms with Crippen LogP contribution in [0.15, 0.2) is 24.3 Å². The van der Waals surface area contributed by atoms with Crippen LogP contribution in [-0.2, 0) is 19.1 Å². The van der Waals surface area contributed by atoms with Crippen LogP contribution in [0.4, 0.5) is 0 Å². The topological polar surface area (TPSA) is 76.6 Å². The van der Waals surface area contributed by atoms with E-state index in [1.54, 1.807) is 0 Å². The summed E-state index contributed by atoms with van der Waals surface area (Å²) in [6.45, 7) is 18.7. The number of likely N-dealkylation sites (tertiary alicyclic amines) is 2. The Kier molecular flexibility index (Phi) is 11.3. The molecule has 9 nitrogen and oxygen atoms in total. The lowest BCUT2D eigenvalue weighted by Gasteiger charge is -2.41. The molecule has 5 fully saturated rings. The fourth-order valence-corrected chi connectivity index (χ4v) is 9.27. The average molecular weight is 698 g/mol. The van der Waals surface area contributed by atoms with Crippen molar-refractivity contribution < 1.29 is 19.1 Å². The minimum atomic E-state index is -0.583. The van der Waals surface area contributed by atoms with Crippen molar-refractivity contribution in [2.75, 3.05) is 52.4 Å². The lowest BCUT2D eigenvalue weighted by molar-refractivity contribution is -0.148. The van der Waals surface area contributed by atoms with E-state index in [1.165, 1.54) is 0 Å². The number of hydrogen-bond acceptors (Lipinski definition) is 6. The third-order valence-electron chi connectivity index (χ3n) is 12.3. The molecule has 10 heteroatoms. The van der Waals surface area contributed by atoms with Crippen molar-refractivity contribution in [1.29, 1.82) is 0 Å². The van der Waals surface area contributed by atoms with Gasteiger partial charge in [-0.1, -0.05) is 30.7 Å². The fraction of sp³-hybridized carbons (Fsp3) is 0.769. The van der Waals surface area contributed by atoms with Gasteiger partial charge in [-0.3, -0.25) is 24.2 Å². The number of piperazine rings is 1. The quantitative estimate of drug-likeness (QED) is 0.387. The van der Waals surface area contributed by atoms with E-state index in [9.17, 15) is 9.59 Å². The molecule has 1 saturated carbocycles. The molecule has 4 aliphatic heterocycles. The minimum absolute atomic E-state index is 0.0159. The van der Waals surface area contributed by atoms with Crippen molar-refractivity contribution in [2.24, 2.45) is 11.8 Å². The Bertz CT molecular complexity index is 1310. The molecule has 3 amide bonds. The Balaban J connectivity index is 1.32.